The van der Waals surface area contributed by atoms with Crippen LogP contribution in [0.1, 0.15) is 6.92 Å². The van der Waals surface area contributed by atoms with Gasteiger partial charge in [-0.05, 0) is 0 Å². The summed E-state index contributed by atoms with van der Waals surface area (Å²) in [4.78, 5) is 14.8. The van der Waals surface area contributed by atoms with E-state index in [2.05, 4.69) is 4.99 Å². The second kappa shape index (κ2) is 1.72. The van der Waals surface area contributed by atoms with Gasteiger partial charge >= 0.3 is 0 Å². The van der Waals surface area contributed by atoms with Gasteiger partial charge in [-0.15, -0.1) is 0 Å². The molecule has 0 saturated heterocycles. The molecule has 0 aromatic rings. The number of hydrogen-bond donors (Lipinski definition) is 1. The second-order valence-corrected chi connectivity index (χ2v) is 3.36. The Bertz CT molecular complexity index is 426. The highest BCUT2D eigenvalue weighted by Crippen LogP contribution is 2.71. The SMILES string of the molecule is C[C@@H]1[C@@]2(C#N)C(=O)N=C(N)[C@]12C#N. The Morgan fingerprint density at radius 2 is 2.00 bits per heavy atom. The van der Waals surface area contributed by atoms with E-state index in [-0.39, 0.29) is 11.8 Å². The van der Waals surface area contributed by atoms with Crippen molar-refractivity contribution in [3.8, 4) is 12.1 Å². The highest BCUT2D eigenvalue weighted by Gasteiger charge is 2.86. The molecule has 3 atom stereocenters. The van der Waals surface area contributed by atoms with E-state index in [9.17, 15) is 4.79 Å². The minimum absolute atomic E-state index is 0.00551. The van der Waals surface area contributed by atoms with Crippen LogP contribution in [0.4, 0.5) is 0 Å². The molecule has 2 N–H and O–H groups in total. The first-order valence-corrected chi connectivity index (χ1v) is 3.79. The second-order valence-electron chi connectivity index (χ2n) is 3.36. The number of rotatable bonds is 0. The van der Waals surface area contributed by atoms with Crippen LogP contribution in [-0.2, 0) is 4.79 Å². The summed E-state index contributed by atoms with van der Waals surface area (Å²) in [6.45, 7) is 1.67. The lowest BCUT2D eigenvalue weighted by atomic mass is 9.97. The maximum Gasteiger partial charge on any atom is 0.270 e. The van der Waals surface area contributed by atoms with E-state index in [4.69, 9.17) is 16.3 Å². The largest absolute Gasteiger partial charge is 0.386 e. The van der Waals surface area contributed by atoms with Crippen molar-refractivity contribution in [2.75, 3.05) is 0 Å². The molecular formula is C8H6N4O. The molecule has 0 bridgehead atoms. The van der Waals surface area contributed by atoms with Gasteiger partial charge in [-0.2, -0.15) is 15.5 Å². The normalized spacial score (nSPS) is 45.9. The predicted octanol–water partition coefficient (Wildman–Crippen LogP) is -0.447. The maximum atomic E-state index is 11.3. The molecule has 0 radical (unpaired) electrons. The molecule has 0 aromatic carbocycles. The Kier molecular flexibility index (Phi) is 1.03. The molecule has 1 aliphatic carbocycles. The first kappa shape index (κ1) is 7.75. The average molecular weight is 174 g/mol. The third-order valence-corrected chi connectivity index (χ3v) is 3.15. The van der Waals surface area contributed by atoms with Crippen LogP contribution >= 0.6 is 0 Å². The van der Waals surface area contributed by atoms with Crippen molar-refractivity contribution >= 4 is 11.7 Å². The summed E-state index contributed by atoms with van der Waals surface area (Å²) in [5.74, 6) is -0.907. The maximum absolute atomic E-state index is 11.3. The molecule has 1 aliphatic heterocycles. The van der Waals surface area contributed by atoms with Crippen LogP contribution in [0, 0.1) is 39.4 Å². The lowest BCUT2D eigenvalue weighted by molar-refractivity contribution is -0.121. The van der Waals surface area contributed by atoms with Crippen molar-refractivity contribution in [2.45, 2.75) is 6.92 Å². The molecule has 0 spiro atoms. The summed E-state index contributed by atoms with van der Waals surface area (Å²) in [7, 11) is 0. The molecule has 2 rings (SSSR count). The van der Waals surface area contributed by atoms with Gasteiger partial charge in [0.1, 0.15) is 11.3 Å². The topological polar surface area (TPSA) is 103 Å². The molecule has 2 aliphatic rings. The summed E-state index contributed by atoms with van der Waals surface area (Å²) in [5.41, 5.74) is 3.04. The van der Waals surface area contributed by atoms with Gasteiger partial charge in [-0.3, -0.25) is 4.79 Å². The Labute approximate surface area is 74.5 Å². The van der Waals surface area contributed by atoms with Crippen LogP contribution in [0.25, 0.3) is 0 Å². The number of nitriles is 2. The third kappa shape index (κ3) is 0.436. The first-order chi connectivity index (χ1) is 6.07. The minimum atomic E-state index is -1.29. The van der Waals surface area contributed by atoms with Gasteiger partial charge < -0.3 is 5.73 Å². The summed E-state index contributed by atoms with van der Waals surface area (Å²) in [5, 5.41) is 17.8. The van der Waals surface area contributed by atoms with Crippen molar-refractivity contribution in [3.05, 3.63) is 0 Å². The van der Waals surface area contributed by atoms with Gasteiger partial charge in [0.25, 0.3) is 5.91 Å². The molecular weight excluding hydrogens is 168 g/mol. The van der Waals surface area contributed by atoms with Crippen molar-refractivity contribution in [1.29, 1.82) is 10.5 Å². The molecule has 1 amide bonds. The predicted molar refractivity (Wildman–Crippen MR) is 41.9 cm³/mol. The molecule has 1 fully saturated rings. The molecule has 13 heavy (non-hydrogen) atoms. The van der Waals surface area contributed by atoms with Gasteiger partial charge in [0.2, 0.25) is 0 Å². The lowest BCUT2D eigenvalue weighted by Crippen LogP contribution is -2.25. The molecule has 0 aromatic heterocycles. The quantitative estimate of drug-likeness (QED) is 0.537. The lowest BCUT2D eigenvalue weighted by Gasteiger charge is -1.99. The zero-order valence-corrected chi connectivity index (χ0v) is 6.90. The summed E-state index contributed by atoms with van der Waals surface area (Å²) < 4.78 is 0. The highest BCUT2D eigenvalue weighted by atomic mass is 16.2. The van der Waals surface area contributed by atoms with E-state index in [0.717, 1.165) is 0 Å². The van der Waals surface area contributed by atoms with Crippen LogP contribution in [0.3, 0.4) is 0 Å². The number of hydrogen-bond acceptors (Lipinski definition) is 4. The van der Waals surface area contributed by atoms with Crippen molar-refractivity contribution in [3.63, 3.8) is 0 Å². The van der Waals surface area contributed by atoms with Crippen molar-refractivity contribution in [1.82, 2.24) is 0 Å². The van der Waals surface area contributed by atoms with E-state index in [0.29, 0.717) is 0 Å². The fourth-order valence-corrected chi connectivity index (χ4v) is 2.20. The third-order valence-electron chi connectivity index (χ3n) is 3.15. The van der Waals surface area contributed by atoms with Crippen molar-refractivity contribution in [2.24, 2.45) is 27.5 Å². The average Bonchev–Trinajstić information content (AvgIpc) is 2.56. The van der Waals surface area contributed by atoms with E-state index >= 15 is 0 Å². The number of fused-ring (bicyclic) bond motifs is 1. The highest BCUT2D eigenvalue weighted by molar-refractivity contribution is 6.16. The van der Waals surface area contributed by atoms with Crippen molar-refractivity contribution < 1.29 is 4.79 Å². The van der Waals surface area contributed by atoms with E-state index in [1.807, 2.05) is 12.1 Å². The Morgan fingerprint density at radius 3 is 2.31 bits per heavy atom. The molecule has 5 nitrogen and oxygen atoms in total. The fourth-order valence-electron chi connectivity index (χ4n) is 2.20. The van der Waals surface area contributed by atoms with Crippen LogP contribution in [0.5, 0.6) is 0 Å². The van der Waals surface area contributed by atoms with E-state index in [1.54, 1.807) is 6.92 Å². The molecule has 64 valence electrons. The van der Waals surface area contributed by atoms with E-state index in [1.165, 1.54) is 0 Å². The summed E-state index contributed by atoms with van der Waals surface area (Å²) >= 11 is 0. The number of carbonyl (C=O) groups is 1. The van der Waals surface area contributed by atoms with Gasteiger partial charge in [0.05, 0.1) is 12.1 Å². The van der Waals surface area contributed by atoms with Crippen LogP contribution in [-0.4, -0.2) is 11.7 Å². The number of nitrogens with zero attached hydrogens (tertiary/aromatic N) is 3. The van der Waals surface area contributed by atoms with Crippen LogP contribution < -0.4 is 5.73 Å². The smallest absolute Gasteiger partial charge is 0.270 e. The molecule has 5 heteroatoms. The van der Waals surface area contributed by atoms with E-state index < -0.39 is 16.7 Å². The van der Waals surface area contributed by atoms with Crippen LogP contribution in [0.2, 0.25) is 0 Å². The minimum Gasteiger partial charge on any atom is -0.386 e. The Hall–Kier alpha value is -1.88. The van der Waals surface area contributed by atoms with Gasteiger partial charge in [-0.25, -0.2) is 0 Å². The summed E-state index contributed by atoms with van der Waals surface area (Å²) in [6, 6.07) is 3.81. The standard InChI is InChI=1S/C8H6N4O/c1-4-7(2-9)5(11)12-6(13)8(4,7)3-10/h4H,1H3,(H2,11,12,13)/t4-,7-,8-/m0/s1. The molecule has 1 saturated carbocycles. The number of amidine groups is 1. The molecule has 0 unspecified atom stereocenters. The fraction of sp³-hybridized carbons (Fsp3) is 0.500. The Morgan fingerprint density at radius 1 is 1.46 bits per heavy atom. The number of amides is 1. The van der Waals surface area contributed by atoms with Crippen LogP contribution in [0.15, 0.2) is 4.99 Å². The molecule has 1 heterocycles. The monoisotopic (exact) mass is 174 g/mol. The number of aliphatic imine (C=N–C) groups is 1. The number of carbonyl (C=O) groups excluding carboxylic acids is 1. The first-order valence-electron chi connectivity index (χ1n) is 3.79. The number of nitrogens with two attached hydrogens (primary N) is 1. The van der Waals surface area contributed by atoms with Gasteiger partial charge in [-0.1, -0.05) is 6.92 Å². The zero-order chi connectivity index (χ0) is 9.85. The Balaban J connectivity index is 2.66. The van der Waals surface area contributed by atoms with Gasteiger partial charge in [0.15, 0.2) is 5.41 Å². The summed E-state index contributed by atoms with van der Waals surface area (Å²) in [6.07, 6.45) is 0. The van der Waals surface area contributed by atoms with Gasteiger partial charge in [0, 0.05) is 5.92 Å². The zero-order valence-electron chi connectivity index (χ0n) is 6.90.